The molecule has 3 heterocycles. The lowest BCUT2D eigenvalue weighted by molar-refractivity contribution is 0.604. The third-order valence-corrected chi connectivity index (χ3v) is 9.21. The van der Waals surface area contributed by atoms with Gasteiger partial charge in [0.1, 0.15) is 11.1 Å². The lowest BCUT2D eigenvalue weighted by Crippen LogP contribution is -2.00. The van der Waals surface area contributed by atoms with E-state index in [1.807, 2.05) is 84.9 Å². The predicted octanol–water partition coefficient (Wildman–Crippen LogP) is 11.4. The molecular formula is C44H26N4O2. The minimum Gasteiger partial charge on any atom is -0.452 e. The maximum absolute atomic E-state index is 6.47. The van der Waals surface area contributed by atoms with Gasteiger partial charge in [-0.15, -0.1) is 0 Å². The smallest absolute Gasteiger partial charge is 0.228 e. The Morgan fingerprint density at radius 2 is 0.860 bits per heavy atom. The van der Waals surface area contributed by atoms with Crippen LogP contribution in [-0.2, 0) is 0 Å². The van der Waals surface area contributed by atoms with Crippen LogP contribution in [0.15, 0.2) is 167 Å². The molecule has 0 aliphatic carbocycles. The van der Waals surface area contributed by atoms with E-state index >= 15 is 0 Å². The molecule has 10 rings (SSSR count). The van der Waals surface area contributed by atoms with Gasteiger partial charge >= 0.3 is 0 Å². The number of oxazole rings is 1. The fourth-order valence-electron chi connectivity index (χ4n) is 6.77. The average Bonchev–Trinajstić information content (AvgIpc) is 3.80. The molecule has 0 N–H and O–H groups in total. The third kappa shape index (κ3) is 4.65. The van der Waals surface area contributed by atoms with E-state index in [4.69, 9.17) is 28.8 Å². The number of benzene rings is 7. The average molecular weight is 643 g/mol. The van der Waals surface area contributed by atoms with Gasteiger partial charge in [0.15, 0.2) is 28.6 Å². The van der Waals surface area contributed by atoms with Crippen molar-refractivity contribution in [1.82, 2.24) is 19.9 Å². The number of hydrogen-bond donors (Lipinski definition) is 0. The van der Waals surface area contributed by atoms with E-state index in [2.05, 4.69) is 72.8 Å². The van der Waals surface area contributed by atoms with Crippen molar-refractivity contribution in [1.29, 1.82) is 0 Å². The summed E-state index contributed by atoms with van der Waals surface area (Å²) in [6.45, 7) is 0. The zero-order chi connectivity index (χ0) is 33.0. The topological polar surface area (TPSA) is 77.8 Å². The lowest BCUT2D eigenvalue weighted by atomic mass is 9.95. The fraction of sp³-hybridized carbons (Fsp3) is 0. The van der Waals surface area contributed by atoms with Crippen molar-refractivity contribution in [3.8, 4) is 56.7 Å². The first kappa shape index (κ1) is 28.1. The van der Waals surface area contributed by atoms with E-state index in [-0.39, 0.29) is 0 Å². The summed E-state index contributed by atoms with van der Waals surface area (Å²) < 4.78 is 12.7. The maximum atomic E-state index is 6.47. The normalized spacial score (nSPS) is 11.6. The molecule has 0 radical (unpaired) electrons. The van der Waals surface area contributed by atoms with Gasteiger partial charge in [0, 0.05) is 33.0 Å². The molecule has 0 spiro atoms. The lowest BCUT2D eigenvalue weighted by Gasteiger charge is -2.11. The van der Waals surface area contributed by atoms with Crippen LogP contribution in [0.1, 0.15) is 0 Å². The first-order valence-electron chi connectivity index (χ1n) is 16.5. The first-order valence-corrected chi connectivity index (χ1v) is 16.5. The van der Waals surface area contributed by atoms with Gasteiger partial charge in [-0.1, -0.05) is 133 Å². The van der Waals surface area contributed by atoms with E-state index in [0.29, 0.717) is 34.5 Å². The summed E-state index contributed by atoms with van der Waals surface area (Å²) in [5.74, 6) is 2.46. The van der Waals surface area contributed by atoms with Gasteiger partial charge in [-0.2, -0.15) is 0 Å². The van der Waals surface area contributed by atoms with Gasteiger partial charge in [-0.05, 0) is 46.2 Å². The molecule has 0 atom stereocenters. The largest absolute Gasteiger partial charge is 0.452 e. The van der Waals surface area contributed by atoms with Gasteiger partial charge in [0.2, 0.25) is 5.89 Å². The second-order valence-electron chi connectivity index (χ2n) is 12.2. The number of aromatic nitrogens is 4. The van der Waals surface area contributed by atoms with E-state index in [1.54, 1.807) is 0 Å². The van der Waals surface area contributed by atoms with Crippen molar-refractivity contribution in [2.75, 3.05) is 0 Å². The Kier molecular flexibility index (Phi) is 6.39. The number of rotatable bonds is 5. The summed E-state index contributed by atoms with van der Waals surface area (Å²) in [5, 5.41) is 4.24. The summed E-state index contributed by atoms with van der Waals surface area (Å²) in [6, 6.07) is 53.2. The van der Waals surface area contributed by atoms with Crippen LogP contribution in [0, 0.1) is 0 Å². The maximum Gasteiger partial charge on any atom is 0.228 e. The van der Waals surface area contributed by atoms with Crippen LogP contribution in [0.4, 0.5) is 0 Å². The molecule has 0 amide bonds. The highest BCUT2D eigenvalue weighted by Gasteiger charge is 2.18. The highest BCUT2D eigenvalue weighted by molar-refractivity contribution is 6.13. The SMILES string of the molecule is c1ccc(-c2nc(-c3ccccc3)nc(-c3ccc(-c4cccc5c(-c6nc7ccc8c9ccccc9oc8c7o6)cccc45)cc3)n2)cc1. The molecule has 0 saturated heterocycles. The number of hydrogen-bond acceptors (Lipinski definition) is 6. The minimum absolute atomic E-state index is 0.560. The molecule has 0 aliphatic rings. The Labute approximate surface area is 286 Å². The van der Waals surface area contributed by atoms with Crippen molar-refractivity contribution in [2.45, 2.75) is 0 Å². The number of para-hydroxylation sites is 1. The summed E-state index contributed by atoms with van der Waals surface area (Å²) in [7, 11) is 0. The van der Waals surface area contributed by atoms with E-state index in [0.717, 1.165) is 66.0 Å². The first-order chi connectivity index (χ1) is 24.8. The standard InChI is InChI=1S/C44H26N4O2/c1-3-11-28(12-4-1)41-46-42(29-13-5-2-6-14-29)48-43(47-41)30-23-21-27(22-24-30)31-16-9-18-33-32(31)17-10-19-36(33)44-45-37-26-25-35-34-15-7-8-20-38(34)49-39(35)40(37)50-44/h1-26H. The molecule has 0 aliphatic heterocycles. The number of fused-ring (bicyclic) bond motifs is 6. The second kappa shape index (κ2) is 11.4. The van der Waals surface area contributed by atoms with E-state index < -0.39 is 0 Å². The molecule has 6 heteroatoms. The van der Waals surface area contributed by atoms with E-state index in [9.17, 15) is 0 Å². The molecule has 3 aromatic heterocycles. The summed E-state index contributed by atoms with van der Waals surface area (Å²) in [5.41, 5.74) is 8.88. The van der Waals surface area contributed by atoms with Crippen LogP contribution >= 0.6 is 0 Å². The van der Waals surface area contributed by atoms with Crippen LogP contribution in [0.2, 0.25) is 0 Å². The Morgan fingerprint density at radius 1 is 0.320 bits per heavy atom. The van der Waals surface area contributed by atoms with Gasteiger partial charge in [0.05, 0.1) is 0 Å². The molecule has 0 unspecified atom stereocenters. The molecule has 0 fully saturated rings. The molecule has 0 saturated carbocycles. The van der Waals surface area contributed by atoms with Crippen molar-refractivity contribution >= 4 is 43.8 Å². The summed E-state index contributed by atoms with van der Waals surface area (Å²) in [4.78, 5) is 19.5. The summed E-state index contributed by atoms with van der Waals surface area (Å²) >= 11 is 0. The Hall–Kier alpha value is -6.92. The van der Waals surface area contributed by atoms with Crippen LogP contribution in [0.3, 0.4) is 0 Å². The molecular weight excluding hydrogens is 617 g/mol. The second-order valence-corrected chi connectivity index (χ2v) is 12.2. The number of furan rings is 1. The highest BCUT2D eigenvalue weighted by atomic mass is 16.4. The van der Waals surface area contributed by atoms with Gasteiger partial charge in [-0.3, -0.25) is 0 Å². The monoisotopic (exact) mass is 642 g/mol. The zero-order valence-electron chi connectivity index (χ0n) is 26.6. The van der Waals surface area contributed by atoms with E-state index in [1.165, 1.54) is 0 Å². The predicted molar refractivity (Wildman–Crippen MR) is 199 cm³/mol. The van der Waals surface area contributed by atoms with Crippen molar-refractivity contribution in [3.63, 3.8) is 0 Å². The highest BCUT2D eigenvalue weighted by Crippen LogP contribution is 2.39. The summed E-state index contributed by atoms with van der Waals surface area (Å²) in [6.07, 6.45) is 0. The molecule has 10 aromatic rings. The quantitative estimate of drug-likeness (QED) is 0.186. The van der Waals surface area contributed by atoms with Crippen molar-refractivity contribution in [2.24, 2.45) is 0 Å². The van der Waals surface area contributed by atoms with Gasteiger partial charge < -0.3 is 8.83 Å². The van der Waals surface area contributed by atoms with Crippen molar-refractivity contribution < 1.29 is 8.83 Å². The van der Waals surface area contributed by atoms with Crippen LogP contribution < -0.4 is 0 Å². The van der Waals surface area contributed by atoms with Crippen LogP contribution in [0.5, 0.6) is 0 Å². The molecule has 6 nitrogen and oxygen atoms in total. The number of nitrogens with zero attached hydrogens (tertiary/aromatic N) is 4. The third-order valence-electron chi connectivity index (χ3n) is 9.21. The van der Waals surface area contributed by atoms with Crippen LogP contribution in [-0.4, -0.2) is 19.9 Å². The van der Waals surface area contributed by atoms with Gasteiger partial charge in [-0.25, -0.2) is 19.9 Å². The Morgan fingerprint density at radius 3 is 1.54 bits per heavy atom. The zero-order valence-corrected chi connectivity index (χ0v) is 26.6. The molecule has 7 aromatic carbocycles. The molecule has 0 bridgehead atoms. The fourth-order valence-corrected chi connectivity index (χ4v) is 6.77. The molecule has 234 valence electrons. The molecule has 50 heavy (non-hydrogen) atoms. The Balaban J connectivity index is 1.05. The van der Waals surface area contributed by atoms with Crippen molar-refractivity contribution in [3.05, 3.63) is 158 Å². The van der Waals surface area contributed by atoms with Crippen LogP contribution in [0.25, 0.3) is 101 Å². The van der Waals surface area contributed by atoms with Gasteiger partial charge in [0.25, 0.3) is 0 Å². The minimum atomic E-state index is 0.560. The Bertz CT molecular complexity index is 2800.